The van der Waals surface area contributed by atoms with Gasteiger partial charge in [-0.25, -0.2) is 0 Å². The van der Waals surface area contributed by atoms with Gasteiger partial charge in [-0.05, 0) is 78.3 Å². The standard InChI is InChI=1S/C8H16I2S2.2Hg.4HI/c1-11(2,9)7-5-6-8-12(3,4)10;;;;;;/h5-8H,1-4H3;;;4*1H/q;2*+2;;;;/p-4/b7-5+,8-6+;;;;;;. The topological polar surface area (TPSA) is 0 Å². The monoisotopic (exact) mass is 1340 g/mol. The Balaban J connectivity index is -0.000000315. The minimum absolute atomic E-state index is 0.143. The summed E-state index contributed by atoms with van der Waals surface area (Å²) in [4.78, 5) is 0. The molecular formula is C8H16Hg2I6S2. The van der Waals surface area contributed by atoms with E-state index >= 15 is 0 Å². The van der Waals surface area contributed by atoms with Crippen LogP contribution < -0.4 is 0 Å². The van der Waals surface area contributed by atoms with Crippen molar-refractivity contribution in [3.8, 4) is 0 Å². The molecule has 0 saturated carbocycles. The molecule has 0 fully saturated rings. The average molecular weight is 1340 g/mol. The fourth-order valence-electron chi connectivity index (χ4n) is 0.464. The quantitative estimate of drug-likeness (QED) is 0.152. The Morgan fingerprint density at radius 3 is 0.944 bits per heavy atom. The molecule has 0 aliphatic heterocycles. The van der Waals surface area contributed by atoms with Gasteiger partial charge in [0.05, 0.1) is 0 Å². The van der Waals surface area contributed by atoms with E-state index in [0.29, 0.717) is 0 Å². The number of hydrogen-bond donors (Lipinski definition) is 0. The van der Waals surface area contributed by atoms with E-state index in [1.807, 2.05) is 0 Å². The number of hydrogen-bond acceptors (Lipinski definition) is 0. The molecule has 18 heavy (non-hydrogen) atoms. The first-order chi connectivity index (χ1) is 8.04. The van der Waals surface area contributed by atoms with Gasteiger partial charge in [0, 0.05) is 0 Å². The maximum atomic E-state index is 2.50. The Kier molecular flexibility index (Phi) is 32.0. The molecule has 0 aromatic carbocycles. The molecule has 0 nitrogen and oxygen atoms in total. The zero-order chi connectivity index (χ0) is 15.2. The molecule has 0 saturated heterocycles. The first-order valence-electron chi connectivity index (χ1n) is 4.48. The molecule has 0 amide bonds. The van der Waals surface area contributed by atoms with Crippen LogP contribution in [0.1, 0.15) is 0 Å². The van der Waals surface area contributed by atoms with E-state index in [1.54, 1.807) is 0 Å². The van der Waals surface area contributed by atoms with E-state index in [-0.39, 0.29) is 31.8 Å². The van der Waals surface area contributed by atoms with Crippen LogP contribution in [0.3, 0.4) is 0 Å². The van der Waals surface area contributed by atoms with Gasteiger partial charge < -0.3 is 0 Å². The summed E-state index contributed by atoms with van der Waals surface area (Å²) in [5.74, 6) is 0. The van der Waals surface area contributed by atoms with Crippen LogP contribution in [0.25, 0.3) is 0 Å². The summed E-state index contributed by atoms with van der Waals surface area (Å²) in [6, 6.07) is 0. The molecule has 0 aromatic heterocycles. The molecule has 0 heterocycles. The number of rotatable bonds is 3. The first kappa shape index (κ1) is 29.2. The second-order valence-corrected chi connectivity index (χ2v) is 102. The van der Waals surface area contributed by atoms with Gasteiger partial charge >= 0.3 is 102 Å². The van der Waals surface area contributed by atoms with Gasteiger partial charge in [0.2, 0.25) is 0 Å². The molecule has 0 aromatic rings. The van der Waals surface area contributed by atoms with Gasteiger partial charge in [0.25, 0.3) is 0 Å². The summed E-state index contributed by atoms with van der Waals surface area (Å²) >= 11 is 14.7. The molecule has 0 rings (SSSR count). The van der Waals surface area contributed by atoms with E-state index in [9.17, 15) is 0 Å². The van der Waals surface area contributed by atoms with Crippen molar-refractivity contribution in [1.82, 2.24) is 0 Å². The Morgan fingerprint density at radius 2 is 0.833 bits per heavy atom. The average Bonchev–Trinajstić information content (AvgIpc) is 2.12. The van der Waals surface area contributed by atoms with Gasteiger partial charge in [-0.2, -0.15) is 14.4 Å². The van der Waals surface area contributed by atoms with Crippen molar-refractivity contribution < 1.29 is 31.8 Å². The Labute approximate surface area is 201 Å². The predicted octanol–water partition coefficient (Wildman–Crippen LogP) is 8.38. The van der Waals surface area contributed by atoms with Gasteiger partial charge in [0.15, 0.2) is 0 Å². The van der Waals surface area contributed by atoms with Crippen LogP contribution in [0.4, 0.5) is 0 Å². The van der Waals surface area contributed by atoms with Gasteiger partial charge in [-0.15, -0.1) is 0 Å². The Hall–Kier alpha value is 6.43. The molecule has 0 aliphatic carbocycles. The van der Waals surface area contributed by atoms with Crippen LogP contribution in [0, 0.1) is 0 Å². The zero-order valence-electron chi connectivity index (χ0n) is 10.8. The fraction of sp³-hybridized carbons (Fsp3) is 0.500. The Morgan fingerprint density at radius 1 is 0.667 bits per heavy atom. The normalized spacial score (nSPS) is 12.8. The second-order valence-electron chi connectivity index (χ2n) is 3.41. The molecule has 0 aliphatic rings. The maximum absolute atomic E-state index is 2.50. The molecule has 10 heteroatoms. The zero-order valence-corrected chi connectivity index (χ0v) is 36.4. The summed E-state index contributed by atoms with van der Waals surface area (Å²) < 4.78 is 0. The van der Waals surface area contributed by atoms with Crippen LogP contribution in [0.2, 0.25) is 0 Å². The summed E-state index contributed by atoms with van der Waals surface area (Å²) in [5.41, 5.74) is 0. The second kappa shape index (κ2) is 19.8. The molecule has 0 unspecified atom stereocenters. The fourth-order valence-corrected chi connectivity index (χ4v) is 2.41. The van der Waals surface area contributed by atoms with Gasteiger partial charge in [-0.1, -0.05) is 12.2 Å². The molecule has 0 bridgehead atoms. The molecule has 0 N–H and O–H groups in total. The Bertz CT molecular complexity index is 201. The minimum atomic E-state index is -0.497. The molecule has 0 atom stereocenters. The van der Waals surface area contributed by atoms with Crippen molar-refractivity contribution in [2.45, 2.75) is 0 Å². The predicted molar refractivity (Wildman–Crippen MR) is 141 cm³/mol. The SMILES string of the molecule is CS(C)(I)/C=C/C=C/S(C)(C)I.[I][Hg][I].[I][Hg][I]. The molecular weight excluding hydrogens is 1320 g/mol. The first-order valence-corrected chi connectivity index (χ1v) is 76.5. The summed E-state index contributed by atoms with van der Waals surface area (Å²) in [5, 5.41) is 4.60. The summed E-state index contributed by atoms with van der Waals surface area (Å²) in [6.07, 6.45) is 13.5. The van der Waals surface area contributed by atoms with Crippen molar-refractivity contribution in [3.63, 3.8) is 0 Å². The molecule has 0 spiro atoms. The van der Waals surface area contributed by atoms with Crippen LogP contribution >= 0.6 is 127 Å². The van der Waals surface area contributed by atoms with E-state index in [1.165, 1.54) is 0 Å². The van der Waals surface area contributed by atoms with Crippen LogP contribution in [0.5, 0.6) is 0 Å². The van der Waals surface area contributed by atoms with Crippen LogP contribution in [-0.4, -0.2) is 25.0 Å². The van der Waals surface area contributed by atoms with Gasteiger partial charge in [-0.3, -0.25) is 0 Å². The number of halogens is 6. The van der Waals surface area contributed by atoms with E-state index in [2.05, 4.69) is 161 Å². The van der Waals surface area contributed by atoms with Crippen LogP contribution in [-0.2, 0) is 31.8 Å². The van der Waals surface area contributed by atoms with E-state index in [4.69, 9.17) is 0 Å². The third-order valence-corrected chi connectivity index (χ3v) is 4.29. The van der Waals surface area contributed by atoms with Gasteiger partial charge in [0.1, 0.15) is 0 Å². The van der Waals surface area contributed by atoms with Crippen LogP contribution in [0.15, 0.2) is 23.0 Å². The van der Waals surface area contributed by atoms with Crippen molar-refractivity contribution in [2.75, 3.05) is 25.0 Å². The van der Waals surface area contributed by atoms with Crippen molar-refractivity contribution in [1.29, 1.82) is 0 Å². The van der Waals surface area contributed by atoms with E-state index in [0.717, 1.165) is 0 Å². The third kappa shape index (κ3) is 43.3. The van der Waals surface area contributed by atoms with E-state index < -0.39 is 14.4 Å². The summed E-state index contributed by atoms with van der Waals surface area (Å²) in [6.45, 7) is 0. The summed E-state index contributed by atoms with van der Waals surface area (Å²) in [7, 11) is -0.994. The number of allylic oxidation sites excluding steroid dienone is 2. The van der Waals surface area contributed by atoms with Crippen molar-refractivity contribution in [3.05, 3.63) is 23.0 Å². The van der Waals surface area contributed by atoms with Crippen molar-refractivity contribution >= 4 is 127 Å². The molecule has 106 valence electrons. The molecule has 0 radical (unpaired) electrons. The third-order valence-electron chi connectivity index (χ3n) is 0.915. The van der Waals surface area contributed by atoms with Crippen molar-refractivity contribution in [2.24, 2.45) is 0 Å².